The fraction of sp³-hybridized carbons (Fsp3) is 0.0938. The summed E-state index contributed by atoms with van der Waals surface area (Å²) in [6.45, 7) is 0. The van der Waals surface area contributed by atoms with Crippen LogP contribution in [-0.4, -0.2) is 37.6 Å². The van der Waals surface area contributed by atoms with Gasteiger partial charge < -0.3 is 20.1 Å². The third kappa shape index (κ3) is 7.85. The molecule has 202 valence electrons. The highest BCUT2D eigenvalue weighted by Gasteiger charge is 2.15. The van der Waals surface area contributed by atoms with Crippen molar-refractivity contribution in [1.29, 1.82) is 0 Å². The van der Waals surface area contributed by atoms with Gasteiger partial charge >= 0.3 is 0 Å². The number of benzene rings is 4. The number of ketones is 1. The van der Waals surface area contributed by atoms with Crippen LogP contribution in [0.1, 0.15) is 26.3 Å². The number of hydrogen-bond acceptors (Lipinski definition) is 6. The Morgan fingerprint density at radius 3 is 1.93 bits per heavy atom. The van der Waals surface area contributed by atoms with Crippen LogP contribution >= 0.6 is 11.8 Å². The maximum atomic E-state index is 13.2. The van der Waals surface area contributed by atoms with Crippen LogP contribution < -0.4 is 20.1 Å². The molecule has 0 heterocycles. The van der Waals surface area contributed by atoms with Crippen molar-refractivity contribution in [3.8, 4) is 11.5 Å². The van der Waals surface area contributed by atoms with Crippen LogP contribution in [-0.2, 0) is 4.79 Å². The molecule has 0 aliphatic rings. The van der Waals surface area contributed by atoms with Gasteiger partial charge in [0, 0.05) is 21.7 Å². The van der Waals surface area contributed by atoms with E-state index in [0.717, 1.165) is 4.90 Å². The Kier molecular flexibility index (Phi) is 9.74. The highest BCUT2D eigenvalue weighted by Crippen LogP contribution is 2.23. The third-order valence-corrected chi connectivity index (χ3v) is 6.86. The lowest BCUT2D eigenvalue weighted by atomic mass is 10.1. The average Bonchev–Trinajstić information content (AvgIpc) is 3.01. The van der Waals surface area contributed by atoms with Crippen molar-refractivity contribution in [2.75, 3.05) is 25.3 Å². The van der Waals surface area contributed by atoms with E-state index < -0.39 is 11.8 Å². The summed E-state index contributed by atoms with van der Waals surface area (Å²) in [5.74, 6) is 0.785. The SMILES string of the molecule is COc1ccc(/C=C(\NC(=O)c2ccccc2)C(=O)Nc2ccc(SCC(=O)c3ccc(OC)cc3)cc2)cc1. The van der Waals surface area contributed by atoms with E-state index in [2.05, 4.69) is 10.6 Å². The van der Waals surface area contributed by atoms with Crippen LogP contribution in [0.4, 0.5) is 5.69 Å². The Morgan fingerprint density at radius 2 is 1.32 bits per heavy atom. The third-order valence-electron chi connectivity index (χ3n) is 5.85. The van der Waals surface area contributed by atoms with Gasteiger partial charge in [0.1, 0.15) is 17.2 Å². The highest BCUT2D eigenvalue weighted by atomic mass is 32.2. The first-order valence-corrected chi connectivity index (χ1v) is 13.4. The van der Waals surface area contributed by atoms with Crippen molar-refractivity contribution in [1.82, 2.24) is 5.32 Å². The molecular weight excluding hydrogens is 524 g/mol. The van der Waals surface area contributed by atoms with E-state index in [-0.39, 0.29) is 17.2 Å². The van der Waals surface area contributed by atoms with E-state index in [4.69, 9.17) is 9.47 Å². The molecule has 2 N–H and O–H groups in total. The fourth-order valence-corrected chi connectivity index (χ4v) is 4.44. The molecule has 4 aromatic rings. The molecule has 0 unspecified atom stereocenters. The Balaban J connectivity index is 1.43. The molecule has 4 aromatic carbocycles. The van der Waals surface area contributed by atoms with Gasteiger partial charge in [-0.2, -0.15) is 0 Å². The molecule has 0 atom stereocenters. The molecule has 2 amide bonds. The second-order valence-electron chi connectivity index (χ2n) is 8.57. The summed E-state index contributed by atoms with van der Waals surface area (Å²) in [5, 5.41) is 5.56. The van der Waals surface area contributed by atoms with E-state index >= 15 is 0 Å². The molecular formula is C32H28N2O5S. The summed E-state index contributed by atoms with van der Waals surface area (Å²) in [5.41, 5.74) is 2.40. The second-order valence-corrected chi connectivity index (χ2v) is 9.62. The molecule has 0 aliphatic carbocycles. The minimum Gasteiger partial charge on any atom is -0.497 e. The first-order chi connectivity index (χ1) is 19.4. The quantitative estimate of drug-likeness (QED) is 0.133. The maximum absolute atomic E-state index is 13.2. The minimum atomic E-state index is -0.477. The van der Waals surface area contributed by atoms with Gasteiger partial charge in [-0.3, -0.25) is 14.4 Å². The van der Waals surface area contributed by atoms with Gasteiger partial charge in [-0.05, 0) is 84.4 Å². The molecule has 0 aromatic heterocycles. The van der Waals surface area contributed by atoms with Gasteiger partial charge in [-0.25, -0.2) is 0 Å². The zero-order chi connectivity index (χ0) is 28.3. The monoisotopic (exact) mass is 552 g/mol. The van der Waals surface area contributed by atoms with Crippen LogP contribution in [0.25, 0.3) is 6.08 Å². The molecule has 40 heavy (non-hydrogen) atoms. The predicted molar refractivity (Wildman–Crippen MR) is 158 cm³/mol. The highest BCUT2D eigenvalue weighted by molar-refractivity contribution is 8.00. The molecule has 0 fully saturated rings. The van der Waals surface area contributed by atoms with Crippen molar-refractivity contribution in [3.63, 3.8) is 0 Å². The minimum absolute atomic E-state index is 0.00695. The average molecular weight is 553 g/mol. The normalized spacial score (nSPS) is 10.9. The van der Waals surface area contributed by atoms with E-state index in [0.29, 0.717) is 33.9 Å². The summed E-state index contributed by atoms with van der Waals surface area (Å²) in [6, 6.07) is 30.0. The Labute approximate surface area is 237 Å². The van der Waals surface area contributed by atoms with Crippen molar-refractivity contribution in [2.24, 2.45) is 0 Å². The number of anilines is 1. The summed E-state index contributed by atoms with van der Waals surface area (Å²) in [4.78, 5) is 39.4. The van der Waals surface area contributed by atoms with Crippen LogP contribution in [0.5, 0.6) is 11.5 Å². The van der Waals surface area contributed by atoms with Crippen LogP contribution in [0, 0.1) is 0 Å². The predicted octanol–water partition coefficient (Wildman–Crippen LogP) is 6.09. The lowest BCUT2D eigenvalue weighted by Crippen LogP contribution is -2.30. The molecule has 7 nitrogen and oxygen atoms in total. The lowest BCUT2D eigenvalue weighted by Gasteiger charge is -2.12. The van der Waals surface area contributed by atoms with E-state index in [1.54, 1.807) is 105 Å². The largest absolute Gasteiger partial charge is 0.497 e. The number of hydrogen-bond donors (Lipinski definition) is 2. The standard InChI is InChI=1S/C32H28N2O5S/c1-38-26-14-8-22(9-15-26)20-29(34-31(36)24-6-4-3-5-7-24)32(37)33-25-12-18-28(19-13-25)40-21-30(35)23-10-16-27(39-2)17-11-23/h3-20H,21H2,1-2H3,(H,33,37)(H,34,36)/b29-20-. The molecule has 0 saturated heterocycles. The van der Waals surface area contributed by atoms with Gasteiger partial charge in [-0.15, -0.1) is 11.8 Å². The number of Topliss-reactive ketones (excluding diaryl/α,β-unsaturated/α-hetero) is 1. The summed E-state index contributed by atoms with van der Waals surface area (Å²) < 4.78 is 10.3. The molecule has 0 bridgehead atoms. The number of amides is 2. The zero-order valence-electron chi connectivity index (χ0n) is 22.0. The van der Waals surface area contributed by atoms with Gasteiger partial charge in [-0.1, -0.05) is 30.3 Å². The molecule has 8 heteroatoms. The number of carbonyl (C=O) groups is 3. The first-order valence-electron chi connectivity index (χ1n) is 12.4. The van der Waals surface area contributed by atoms with Crippen LogP contribution in [0.15, 0.2) is 114 Å². The van der Waals surface area contributed by atoms with Crippen LogP contribution in [0.2, 0.25) is 0 Å². The number of thioether (sulfide) groups is 1. The Morgan fingerprint density at radius 1 is 0.725 bits per heavy atom. The van der Waals surface area contributed by atoms with Crippen molar-refractivity contribution in [2.45, 2.75) is 4.90 Å². The molecule has 4 rings (SSSR count). The maximum Gasteiger partial charge on any atom is 0.272 e. The first kappa shape index (κ1) is 28.2. The van der Waals surface area contributed by atoms with E-state index in [1.807, 2.05) is 18.2 Å². The van der Waals surface area contributed by atoms with Gasteiger partial charge in [0.05, 0.1) is 20.0 Å². The Hall–Kier alpha value is -4.82. The van der Waals surface area contributed by atoms with Crippen molar-refractivity contribution >= 4 is 41.1 Å². The van der Waals surface area contributed by atoms with Gasteiger partial charge in [0.25, 0.3) is 11.8 Å². The number of carbonyl (C=O) groups excluding carboxylic acids is 3. The van der Waals surface area contributed by atoms with Gasteiger partial charge in [0.2, 0.25) is 0 Å². The number of methoxy groups -OCH3 is 2. The van der Waals surface area contributed by atoms with Crippen molar-refractivity contribution < 1.29 is 23.9 Å². The molecule has 0 radical (unpaired) electrons. The summed E-state index contributed by atoms with van der Waals surface area (Å²) >= 11 is 1.41. The number of ether oxygens (including phenoxy) is 2. The lowest BCUT2D eigenvalue weighted by molar-refractivity contribution is -0.113. The second kappa shape index (κ2) is 13.8. The zero-order valence-corrected chi connectivity index (χ0v) is 22.9. The molecule has 0 aliphatic heterocycles. The summed E-state index contributed by atoms with van der Waals surface area (Å²) in [6.07, 6.45) is 1.60. The topological polar surface area (TPSA) is 93.7 Å². The molecule has 0 saturated carbocycles. The van der Waals surface area contributed by atoms with Gasteiger partial charge in [0.15, 0.2) is 5.78 Å². The fourth-order valence-electron chi connectivity index (χ4n) is 3.65. The Bertz CT molecular complexity index is 1480. The smallest absolute Gasteiger partial charge is 0.272 e. The van der Waals surface area contributed by atoms with Crippen molar-refractivity contribution in [3.05, 3.63) is 126 Å². The van der Waals surface area contributed by atoms with Crippen LogP contribution in [0.3, 0.4) is 0 Å². The number of nitrogens with one attached hydrogen (secondary N) is 2. The molecule has 0 spiro atoms. The summed E-state index contributed by atoms with van der Waals surface area (Å²) in [7, 11) is 3.16. The van der Waals surface area contributed by atoms with E-state index in [9.17, 15) is 14.4 Å². The van der Waals surface area contributed by atoms with E-state index in [1.165, 1.54) is 11.8 Å². The number of rotatable bonds is 11.